The van der Waals surface area contributed by atoms with Gasteiger partial charge in [0.25, 0.3) is 5.22 Å². The third kappa shape index (κ3) is 3.61. The molecule has 1 heterocycles. The van der Waals surface area contributed by atoms with E-state index in [2.05, 4.69) is 15.5 Å². The number of benzene rings is 1. The summed E-state index contributed by atoms with van der Waals surface area (Å²) in [5.74, 6) is 3.26. The average molecular weight is 404 g/mol. The molecule has 1 aromatic heterocycles. The van der Waals surface area contributed by atoms with Gasteiger partial charge in [-0.1, -0.05) is 29.4 Å². The molecule has 5 nitrogen and oxygen atoms in total. The molecule has 0 aliphatic heterocycles. The maximum atomic E-state index is 12.6. The lowest BCUT2D eigenvalue weighted by molar-refractivity contribution is -0.124. The Labute approximate surface area is 167 Å². The van der Waals surface area contributed by atoms with E-state index in [4.69, 9.17) is 16.0 Å². The van der Waals surface area contributed by atoms with Crippen molar-refractivity contribution in [2.45, 2.75) is 49.3 Å². The van der Waals surface area contributed by atoms with Crippen molar-refractivity contribution in [1.29, 1.82) is 0 Å². The van der Waals surface area contributed by atoms with Crippen LogP contribution in [0.25, 0.3) is 11.5 Å². The van der Waals surface area contributed by atoms with E-state index in [-0.39, 0.29) is 11.4 Å². The highest BCUT2D eigenvalue weighted by atomic mass is 35.5. The molecule has 0 unspecified atom stereocenters. The van der Waals surface area contributed by atoms with Crippen molar-refractivity contribution >= 4 is 29.3 Å². The molecule has 4 aliphatic rings. The van der Waals surface area contributed by atoms with Crippen molar-refractivity contribution in [3.05, 3.63) is 29.3 Å². The van der Waals surface area contributed by atoms with Crippen molar-refractivity contribution in [2.75, 3.05) is 5.75 Å². The van der Waals surface area contributed by atoms with Crippen LogP contribution in [0.2, 0.25) is 5.02 Å². The number of carbonyl (C=O) groups is 1. The molecular formula is C20H22ClN3O2S. The van der Waals surface area contributed by atoms with E-state index < -0.39 is 0 Å². The molecule has 2 aromatic rings. The average Bonchev–Trinajstić information content (AvgIpc) is 3.07. The molecule has 4 saturated carbocycles. The Morgan fingerprint density at radius 3 is 2.56 bits per heavy atom. The smallest absolute Gasteiger partial charge is 0.277 e. The molecule has 27 heavy (non-hydrogen) atoms. The number of amides is 1. The summed E-state index contributed by atoms with van der Waals surface area (Å²) in [7, 11) is 0. The summed E-state index contributed by atoms with van der Waals surface area (Å²) in [6.07, 6.45) is 7.60. The van der Waals surface area contributed by atoms with E-state index in [0.717, 1.165) is 42.6 Å². The van der Waals surface area contributed by atoms with E-state index in [1.807, 2.05) is 12.1 Å². The van der Waals surface area contributed by atoms with E-state index >= 15 is 0 Å². The molecular weight excluding hydrogens is 382 g/mol. The van der Waals surface area contributed by atoms with Crippen molar-refractivity contribution in [3.8, 4) is 11.5 Å². The summed E-state index contributed by atoms with van der Waals surface area (Å²) in [5.41, 5.74) is 0.826. The summed E-state index contributed by atoms with van der Waals surface area (Å²) in [6, 6.07) is 7.29. The van der Waals surface area contributed by atoms with Gasteiger partial charge in [-0.15, -0.1) is 10.2 Å². The monoisotopic (exact) mass is 403 g/mol. The van der Waals surface area contributed by atoms with Gasteiger partial charge in [0.1, 0.15) is 0 Å². The van der Waals surface area contributed by atoms with Gasteiger partial charge in [-0.2, -0.15) is 0 Å². The van der Waals surface area contributed by atoms with Gasteiger partial charge in [0.15, 0.2) is 0 Å². The fourth-order valence-corrected chi connectivity index (χ4v) is 6.48. The first kappa shape index (κ1) is 17.6. The first-order valence-electron chi connectivity index (χ1n) is 9.60. The maximum Gasteiger partial charge on any atom is 0.277 e. The summed E-state index contributed by atoms with van der Waals surface area (Å²) in [4.78, 5) is 12.6. The summed E-state index contributed by atoms with van der Waals surface area (Å²) >= 11 is 7.30. The van der Waals surface area contributed by atoms with Crippen LogP contribution in [-0.2, 0) is 4.79 Å². The van der Waals surface area contributed by atoms with Crippen molar-refractivity contribution in [2.24, 2.45) is 17.8 Å². The number of rotatable bonds is 5. The zero-order valence-corrected chi connectivity index (χ0v) is 16.6. The third-order valence-electron chi connectivity index (χ3n) is 6.25. The van der Waals surface area contributed by atoms with Crippen LogP contribution in [-0.4, -0.2) is 27.4 Å². The maximum absolute atomic E-state index is 12.6. The van der Waals surface area contributed by atoms with Gasteiger partial charge in [0.05, 0.1) is 5.75 Å². The van der Waals surface area contributed by atoms with Gasteiger partial charge in [-0.3, -0.25) is 4.79 Å². The lowest BCUT2D eigenvalue weighted by Crippen LogP contribution is -2.60. The predicted octanol–water partition coefficient (Wildman–Crippen LogP) is 4.57. The lowest BCUT2D eigenvalue weighted by Gasteiger charge is -2.56. The van der Waals surface area contributed by atoms with Crippen LogP contribution in [0.15, 0.2) is 33.9 Å². The number of nitrogens with one attached hydrogen (secondary N) is 1. The predicted molar refractivity (Wildman–Crippen MR) is 105 cm³/mol. The van der Waals surface area contributed by atoms with E-state index in [9.17, 15) is 4.79 Å². The van der Waals surface area contributed by atoms with Gasteiger partial charge >= 0.3 is 0 Å². The number of carbonyl (C=O) groups excluding carboxylic acids is 1. The summed E-state index contributed by atoms with van der Waals surface area (Å²) in [5, 5.41) is 12.5. The number of nitrogens with zero attached hydrogens (tertiary/aromatic N) is 2. The Balaban J connectivity index is 1.19. The highest BCUT2D eigenvalue weighted by molar-refractivity contribution is 7.99. The minimum atomic E-state index is 0.0488. The van der Waals surface area contributed by atoms with Crippen LogP contribution in [0.1, 0.15) is 38.5 Å². The second-order valence-corrected chi connectivity index (χ2v) is 9.78. The number of thioether (sulfide) groups is 1. The van der Waals surface area contributed by atoms with Crippen LogP contribution in [0.5, 0.6) is 0 Å². The van der Waals surface area contributed by atoms with Gasteiger partial charge in [0.2, 0.25) is 11.8 Å². The number of halogens is 1. The molecule has 1 aromatic carbocycles. The van der Waals surface area contributed by atoms with Crippen LogP contribution >= 0.6 is 23.4 Å². The largest absolute Gasteiger partial charge is 0.411 e. The lowest BCUT2D eigenvalue weighted by atomic mass is 9.53. The Hall–Kier alpha value is -1.53. The third-order valence-corrected chi connectivity index (χ3v) is 7.30. The first-order chi connectivity index (χ1) is 13.1. The highest BCUT2D eigenvalue weighted by Crippen LogP contribution is 2.55. The van der Waals surface area contributed by atoms with E-state index in [1.54, 1.807) is 12.1 Å². The molecule has 4 fully saturated rings. The minimum Gasteiger partial charge on any atom is -0.411 e. The van der Waals surface area contributed by atoms with Crippen molar-refractivity contribution in [3.63, 3.8) is 0 Å². The second-order valence-electron chi connectivity index (χ2n) is 8.42. The van der Waals surface area contributed by atoms with Gasteiger partial charge in [0, 0.05) is 16.1 Å². The Kier molecular flexibility index (Phi) is 4.43. The highest BCUT2D eigenvalue weighted by Gasteiger charge is 2.51. The fraction of sp³-hybridized carbons (Fsp3) is 0.550. The fourth-order valence-electron chi connectivity index (χ4n) is 5.73. The summed E-state index contributed by atoms with van der Waals surface area (Å²) in [6.45, 7) is 0. The minimum absolute atomic E-state index is 0.0488. The van der Waals surface area contributed by atoms with Gasteiger partial charge in [-0.05, 0) is 74.5 Å². The molecule has 0 spiro atoms. The zero-order valence-electron chi connectivity index (χ0n) is 15.0. The molecule has 1 amide bonds. The number of hydrogen-bond donors (Lipinski definition) is 1. The molecule has 1 N–H and O–H groups in total. The normalized spacial score (nSPS) is 31.2. The van der Waals surface area contributed by atoms with Gasteiger partial charge in [-0.25, -0.2) is 0 Å². The number of hydrogen-bond acceptors (Lipinski definition) is 5. The SMILES string of the molecule is O=C(CSc1nnc(-c2cccc(Cl)c2)o1)NC12CC3CC(CC(C3)C1)C2. The molecule has 7 heteroatoms. The van der Waals surface area contributed by atoms with Crippen LogP contribution < -0.4 is 5.32 Å². The van der Waals surface area contributed by atoms with Crippen LogP contribution in [0.4, 0.5) is 0 Å². The van der Waals surface area contributed by atoms with Crippen LogP contribution in [0.3, 0.4) is 0 Å². The first-order valence-corrected chi connectivity index (χ1v) is 11.0. The van der Waals surface area contributed by atoms with E-state index in [1.165, 1.54) is 31.0 Å². The van der Waals surface area contributed by atoms with Crippen molar-refractivity contribution in [1.82, 2.24) is 15.5 Å². The summed E-state index contributed by atoms with van der Waals surface area (Å²) < 4.78 is 5.67. The standard InChI is InChI=1S/C20H22ClN3O2S/c21-16-3-1-2-15(7-16)18-23-24-19(26-18)27-11-17(25)22-20-8-12-4-13(9-20)6-14(5-12)10-20/h1-3,7,12-14H,4-6,8-11H2,(H,22,25). The topological polar surface area (TPSA) is 68.0 Å². The number of aromatic nitrogens is 2. The molecule has 4 aliphatic carbocycles. The van der Waals surface area contributed by atoms with E-state index in [0.29, 0.717) is 21.9 Å². The molecule has 0 atom stereocenters. The van der Waals surface area contributed by atoms with Gasteiger partial charge < -0.3 is 9.73 Å². The zero-order chi connectivity index (χ0) is 18.4. The van der Waals surface area contributed by atoms with Crippen molar-refractivity contribution < 1.29 is 9.21 Å². The van der Waals surface area contributed by atoms with Crippen LogP contribution in [0, 0.1) is 17.8 Å². The molecule has 0 radical (unpaired) electrons. The second kappa shape index (κ2) is 6.82. The molecule has 142 valence electrons. The molecule has 0 saturated heterocycles. The Morgan fingerprint density at radius 2 is 1.89 bits per heavy atom. The Bertz CT molecular complexity index is 833. The molecule has 4 bridgehead atoms. The Morgan fingerprint density at radius 1 is 1.19 bits per heavy atom. The quantitative estimate of drug-likeness (QED) is 0.741. The molecule has 6 rings (SSSR count).